The van der Waals surface area contributed by atoms with Crippen LogP contribution in [0.5, 0.6) is 0 Å². The maximum Gasteiger partial charge on any atom is 0.274 e. The summed E-state index contributed by atoms with van der Waals surface area (Å²) in [5.41, 5.74) is 12.2. The van der Waals surface area contributed by atoms with E-state index in [1.807, 2.05) is 85.3 Å². The van der Waals surface area contributed by atoms with Crippen molar-refractivity contribution in [2.75, 3.05) is 68.3 Å². The summed E-state index contributed by atoms with van der Waals surface area (Å²) in [6.45, 7) is 24.8. The molecule has 25 heteroatoms. The van der Waals surface area contributed by atoms with E-state index in [1.165, 1.54) is 22.9 Å². The fourth-order valence-electron chi connectivity index (χ4n) is 18.2. The van der Waals surface area contributed by atoms with Crippen molar-refractivity contribution in [3.63, 3.8) is 0 Å². The van der Waals surface area contributed by atoms with Crippen LogP contribution in [0.25, 0.3) is 33.1 Å². The summed E-state index contributed by atoms with van der Waals surface area (Å²) in [7, 11) is 0. The van der Waals surface area contributed by atoms with Gasteiger partial charge in [0.2, 0.25) is 17.8 Å². The Kier molecular flexibility index (Phi) is 27.3. The topological polar surface area (TPSA) is 301 Å². The Labute approximate surface area is 660 Å². The number of carbonyl (C=O) groups excluding carboxylic acids is 3. The van der Waals surface area contributed by atoms with Crippen molar-refractivity contribution in [3.8, 4) is 0 Å². The number of fused-ring (bicyclic) bond motifs is 3. The number of carbonyl (C=O) groups is 3. The molecule has 0 bridgehead atoms. The van der Waals surface area contributed by atoms with E-state index in [1.54, 1.807) is 12.4 Å². The van der Waals surface area contributed by atoms with E-state index in [2.05, 4.69) is 113 Å². The third kappa shape index (κ3) is 19.6. The molecule has 12 heterocycles. The number of anilines is 3. The zero-order valence-corrected chi connectivity index (χ0v) is 67.7. The summed E-state index contributed by atoms with van der Waals surface area (Å²) < 4.78 is 7.05. The number of aryl methyl sites for hydroxylation is 4. The molecule has 0 aromatic carbocycles. The zero-order valence-electron chi connectivity index (χ0n) is 67.7. The molecule has 25 nitrogen and oxygen atoms in total. The number of nitrogens with zero attached hydrogens (tertiary/aromatic N) is 16. The zero-order chi connectivity index (χ0) is 78.5. The Balaban J connectivity index is 0.000000147. The molecule has 6 aliphatic rings. The molecule has 112 heavy (non-hydrogen) atoms. The number of pyridine rings is 2. The van der Waals surface area contributed by atoms with E-state index in [0.29, 0.717) is 84.5 Å². The molecule has 0 unspecified atom stereocenters. The van der Waals surface area contributed by atoms with E-state index in [0.717, 1.165) is 260 Å². The lowest BCUT2D eigenvalue weighted by atomic mass is 9.89. The van der Waals surface area contributed by atoms with Crippen LogP contribution in [-0.4, -0.2) is 188 Å². The van der Waals surface area contributed by atoms with Crippen LogP contribution in [0.2, 0.25) is 0 Å². The Bertz CT molecular complexity index is 4560. The van der Waals surface area contributed by atoms with Gasteiger partial charge in [-0.05, 0) is 228 Å². The predicted octanol–water partition coefficient (Wildman–Crippen LogP) is 15.3. The SMILES string of the molecule is CCC(CC)CNc1ncc2c(C3CCN(C(=O)c4cc(C)nc(C)c4)CC3)cn(C3CCC(O)CC3)c2n1.CCCCNc1ncc2c(C3CCN(C(=O)c4cc(C)nc(C)c4)CC3)cn(C3CCC(O)CC3)c2n1.CCC[C@H](C)Nc1ncc2c(C3CCN(C(=O)c4cnccn4)CC3)cn(C3CCC(O)CC3)c2n1. The molecule has 600 valence electrons. The van der Waals surface area contributed by atoms with E-state index in [-0.39, 0.29) is 36.0 Å². The first-order valence-electron chi connectivity index (χ1n) is 42.3. The maximum atomic E-state index is 13.2. The average Bonchev–Trinajstić information content (AvgIpc) is 1.62. The fraction of sp³-hybridized carbons (Fsp3) is 0.598. The van der Waals surface area contributed by atoms with Crippen LogP contribution in [0, 0.1) is 33.6 Å². The van der Waals surface area contributed by atoms with Crippen LogP contribution in [0.4, 0.5) is 17.8 Å². The van der Waals surface area contributed by atoms with E-state index in [4.69, 9.17) is 19.9 Å². The normalized spacial score (nSPS) is 21.2. The second kappa shape index (κ2) is 37.7. The molecule has 0 radical (unpaired) electrons. The van der Waals surface area contributed by atoms with Gasteiger partial charge in [-0.2, -0.15) is 15.0 Å². The number of hydrogen-bond acceptors (Lipinski definition) is 19. The van der Waals surface area contributed by atoms with E-state index < -0.39 is 0 Å². The Morgan fingerprint density at radius 2 is 0.821 bits per heavy atom. The highest BCUT2D eigenvalue weighted by Crippen LogP contribution is 2.43. The van der Waals surface area contributed by atoms with Crippen LogP contribution in [0.3, 0.4) is 0 Å². The third-order valence-electron chi connectivity index (χ3n) is 24.7. The molecular formula is C87H121N19O6. The van der Waals surface area contributed by atoms with Gasteiger partial charge < -0.3 is 59.7 Å². The molecule has 3 saturated heterocycles. The molecule has 15 rings (SSSR count). The van der Waals surface area contributed by atoms with Crippen molar-refractivity contribution in [3.05, 3.63) is 136 Å². The van der Waals surface area contributed by atoms with Crippen molar-refractivity contribution in [1.82, 2.24) is 78.2 Å². The maximum absolute atomic E-state index is 13.2. The Morgan fingerprint density at radius 1 is 0.446 bits per heavy atom. The number of aliphatic hydroxyl groups is 3. The molecule has 3 aliphatic carbocycles. The molecule has 9 aromatic heterocycles. The number of aromatic nitrogens is 13. The monoisotopic (exact) mass is 1530 g/mol. The van der Waals surface area contributed by atoms with Crippen molar-refractivity contribution >= 4 is 68.7 Å². The molecule has 9 aromatic rings. The lowest BCUT2D eigenvalue weighted by Crippen LogP contribution is -2.38. The minimum absolute atomic E-state index is 0.0509. The van der Waals surface area contributed by atoms with Gasteiger partial charge in [-0.1, -0.05) is 53.4 Å². The second-order valence-electron chi connectivity index (χ2n) is 32.9. The third-order valence-corrected chi connectivity index (χ3v) is 24.7. The second-order valence-corrected chi connectivity index (χ2v) is 32.9. The summed E-state index contributed by atoms with van der Waals surface area (Å²) in [4.78, 5) is 91.2. The molecule has 0 spiro atoms. The fourth-order valence-corrected chi connectivity index (χ4v) is 18.2. The molecule has 6 fully saturated rings. The number of hydrogen-bond donors (Lipinski definition) is 6. The number of piperidine rings is 3. The van der Waals surface area contributed by atoms with Crippen LogP contribution in [0.1, 0.15) is 295 Å². The number of unbranched alkanes of at least 4 members (excludes halogenated alkanes) is 1. The minimum atomic E-state index is -0.194. The number of amides is 3. The number of rotatable bonds is 22. The minimum Gasteiger partial charge on any atom is -0.393 e. The smallest absolute Gasteiger partial charge is 0.274 e. The molecular weight excluding hydrogens is 1410 g/mol. The molecule has 3 aliphatic heterocycles. The van der Waals surface area contributed by atoms with Gasteiger partial charge in [0.25, 0.3) is 17.7 Å². The summed E-state index contributed by atoms with van der Waals surface area (Å²) in [6, 6.07) is 8.89. The predicted molar refractivity (Wildman–Crippen MR) is 440 cm³/mol. The highest BCUT2D eigenvalue weighted by molar-refractivity contribution is 5.95. The van der Waals surface area contributed by atoms with Crippen LogP contribution in [-0.2, 0) is 0 Å². The van der Waals surface area contributed by atoms with Crippen molar-refractivity contribution < 1.29 is 29.7 Å². The van der Waals surface area contributed by atoms with Gasteiger partial charge in [0.1, 0.15) is 22.6 Å². The number of nitrogens with one attached hydrogen (secondary N) is 3. The van der Waals surface area contributed by atoms with Gasteiger partial charge in [0, 0.05) is 176 Å². The van der Waals surface area contributed by atoms with E-state index in [9.17, 15) is 29.7 Å². The molecule has 1 atom stereocenters. The van der Waals surface area contributed by atoms with Gasteiger partial charge >= 0.3 is 0 Å². The van der Waals surface area contributed by atoms with Gasteiger partial charge in [-0.3, -0.25) is 29.3 Å². The van der Waals surface area contributed by atoms with Crippen molar-refractivity contribution in [1.29, 1.82) is 0 Å². The van der Waals surface area contributed by atoms with Crippen molar-refractivity contribution in [2.24, 2.45) is 5.92 Å². The highest BCUT2D eigenvalue weighted by atomic mass is 16.3. The van der Waals surface area contributed by atoms with Crippen LogP contribution < -0.4 is 16.0 Å². The number of aliphatic hydroxyl groups excluding tert-OH is 3. The molecule has 6 N–H and O–H groups in total. The van der Waals surface area contributed by atoms with Gasteiger partial charge in [0.15, 0.2) is 0 Å². The average molecular weight is 1530 g/mol. The van der Waals surface area contributed by atoms with Gasteiger partial charge in [0.05, 0.1) is 24.5 Å². The standard InChI is InChI=1S/C31H44N6O2.C29H40N6O2.C27H37N7O2/c1-5-22(6-2)17-32-31-33-18-27-28(19-37(29(27)35-31)25-7-9-26(38)10-8-25)23-11-13-36(14-12-23)30(39)24-15-20(3)34-21(4)16-24;1-4-5-12-30-29-31-17-25-26(18-35(27(25)33-29)23-6-8-24(36)9-7-23)21-10-13-34(14-11-21)28(37)22-15-19(2)32-20(3)16-22;1-3-4-18(2)31-27-30-15-22-23(17-34(25(22)32-27)20-5-7-21(35)8-6-20)19-9-13-33(14-10-19)26(36)24-16-28-11-12-29-24/h15-16,18-19,22-23,25-26,38H,5-14,17H2,1-4H3,(H,32,33,35);15-18,21,23-24,36H,4-14H2,1-3H3,(H,30,31,33);11-12,15-21,35H,3-10,13-14H2,1-2H3,(H,30,31,32)/t;;18-,20?,21?/m..0/s1. The lowest BCUT2D eigenvalue weighted by Gasteiger charge is -2.32. The molecule has 3 amide bonds. The quantitative estimate of drug-likeness (QED) is 0.0344. The summed E-state index contributed by atoms with van der Waals surface area (Å²) in [6.07, 6.45) is 39.8. The van der Waals surface area contributed by atoms with Gasteiger partial charge in [-0.25, -0.2) is 19.9 Å². The first-order valence-corrected chi connectivity index (χ1v) is 42.3. The van der Waals surface area contributed by atoms with Crippen molar-refractivity contribution in [2.45, 2.75) is 277 Å². The summed E-state index contributed by atoms with van der Waals surface area (Å²) >= 11 is 0. The number of likely N-dealkylation sites (tertiary alicyclic amines) is 3. The lowest BCUT2D eigenvalue weighted by molar-refractivity contribution is 0.0701. The Hall–Kier alpha value is -9.07. The Morgan fingerprint density at radius 3 is 1.19 bits per heavy atom. The first kappa shape index (κ1) is 81.0. The largest absolute Gasteiger partial charge is 0.393 e. The summed E-state index contributed by atoms with van der Waals surface area (Å²) in [5.74, 6) is 3.88. The van der Waals surface area contributed by atoms with Crippen LogP contribution >= 0.6 is 0 Å². The summed E-state index contributed by atoms with van der Waals surface area (Å²) in [5, 5.41) is 43.9. The van der Waals surface area contributed by atoms with E-state index >= 15 is 0 Å². The molecule has 3 saturated carbocycles. The van der Waals surface area contributed by atoms with Crippen LogP contribution in [0.15, 0.2) is 80.0 Å². The van der Waals surface area contributed by atoms with Gasteiger partial charge in [-0.15, -0.1) is 0 Å². The highest BCUT2D eigenvalue weighted by Gasteiger charge is 2.35. The first-order chi connectivity index (χ1) is 54.3.